The van der Waals surface area contributed by atoms with Gasteiger partial charge in [-0.05, 0) is 49.8 Å². The number of hydrogen-bond acceptors (Lipinski definition) is 4. The third kappa shape index (κ3) is 4.01. The number of carboxylic acids is 1. The lowest BCUT2D eigenvalue weighted by atomic mass is 9.80. The molecule has 2 aliphatic rings. The van der Waals surface area contributed by atoms with Gasteiger partial charge in [-0.1, -0.05) is 12.1 Å². The standard InChI is InChI=1S/C21H29N3O3/c1-23-19-5-3-2-4-18(19)22-20(23)12-16-14-24(17-7-10-27-11-8-17)9-6-15(16)13-21(25)26/h2-5,15-17H,6-14H2,1H3,(H,25,26). The molecule has 0 bridgehead atoms. The predicted octanol–water partition coefficient (Wildman–Crippen LogP) is 2.71. The average Bonchev–Trinajstić information content (AvgIpc) is 2.99. The van der Waals surface area contributed by atoms with Crippen LogP contribution < -0.4 is 0 Å². The molecule has 2 atom stereocenters. The number of nitrogens with zero attached hydrogens (tertiary/aromatic N) is 3. The van der Waals surface area contributed by atoms with Crippen LogP contribution in [0.15, 0.2) is 24.3 Å². The van der Waals surface area contributed by atoms with Crippen LogP contribution in [0.4, 0.5) is 0 Å². The number of likely N-dealkylation sites (tertiary alicyclic amines) is 1. The minimum Gasteiger partial charge on any atom is -0.481 e. The summed E-state index contributed by atoms with van der Waals surface area (Å²) in [4.78, 5) is 18.8. The van der Waals surface area contributed by atoms with Gasteiger partial charge in [-0.25, -0.2) is 4.98 Å². The number of hydrogen-bond donors (Lipinski definition) is 1. The summed E-state index contributed by atoms with van der Waals surface area (Å²) in [7, 11) is 2.07. The lowest BCUT2D eigenvalue weighted by molar-refractivity contribution is -0.139. The molecule has 2 aromatic rings. The number of benzene rings is 1. The molecule has 1 aromatic carbocycles. The number of fused-ring (bicyclic) bond motifs is 1. The summed E-state index contributed by atoms with van der Waals surface area (Å²) in [6, 6.07) is 8.76. The van der Waals surface area contributed by atoms with Gasteiger partial charge in [-0.2, -0.15) is 0 Å². The SMILES string of the molecule is Cn1c(CC2CN(C3CCOCC3)CCC2CC(=O)O)nc2ccccc21. The summed E-state index contributed by atoms with van der Waals surface area (Å²) in [5.74, 6) is 0.923. The first-order chi connectivity index (χ1) is 13.1. The number of rotatable bonds is 5. The molecule has 3 heterocycles. The summed E-state index contributed by atoms with van der Waals surface area (Å²) in [6.45, 7) is 3.65. The molecule has 0 aliphatic carbocycles. The van der Waals surface area contributed by atoms with Crippen LogP contribution in [-0.2, 0) is 23.0 Å². The topological polar surface area (TPSA) is 67.6 Å². The third-order valence-electron chi connectivity index (χ3n) is 6.39. The van der Waals surface area contributed by atoms with E-state index < -0.39 is 5.97 Å². The lowest BCUT2D eigenvalue weighted by Crippen LogP contribution is -2.48. The maximum Gasteiger partial charge on any atom is 0.303 e. The van der Waals surface area contributed by atoms with Crippen LogP contribution >= 0.6 is 0 Å². The number of aromatic nitrogens is 2. The minimum absolute atomic E-state index is 0.221. The molecule has 1 aromatic heterocycles. The van der Waals surface area contributed by atoms with E-state index in [-0.39, 0.29) is 12.3 Å². The molecule has 1 N–H and O–H groups in total. The molecule has 6 nitrogen and oxygen atoms in total. The van der Waals surface area contributed by atoms with Crippen molar-refractivity contribution in [2.75, 3.05) is 26.3 Å². The highest BCUT2D eigenvalue weighted by Crippen LogP contribution is 2.32. The molecule has 0 amide bonds. The molecule has 2 fully saturated rings. The Labute approximate surface area is 160 Å². The molecule has 4 rings (SSSR count). The first-order valence-electron chi connectivity index (χ1n) is 10.1. The second-order valence-corrected chi connectivity index (χ2v) is 8.03. The fourth-order valence-electron chi connectivity index (χ4n) is 4.83. The van der Waals surface area contributed by atoms with E-state index in [1.165, 1.54) is 0 Å². The first kappa shape index (κ1) is 18.4. The number of para-hydroxylation sites is 2. The van der Waals surface area contributed by atoms with Crippen LogP contribution in [0.2, 0.25) is 0 Å². The second kappa shape index (κ2) is 7.98. The Hall–Kier alpha value is -1.92. The average molecular weight is 371 g/mol. The van der Waals surface area contributed by atoms with Gasteiger partial charge in [0.25, 0.3) is 0 Å². The number of carboxylic acid groups (broad SMARTS) is 1. The molecule has 2 aliphatic heterocycles. The largest absolute Gasteiger partial charge is 0.481 e. The van der Waals surface area contributed by atoms with Crippen LogP contribution in [0.25, 0.3) is 11.0 Å². The lowest BCUT2D eigenvalue weighted by Gasteiger charge is -2.43. The van der Waals surface area contributed by atoms with Gasteiger partial charge in [0.05, 0.1) is 11.0 Å². The number of aryl methyl sites for hydroxylation is 1. The number of imidazole rings is 1. The Kier molecular flexibility index (Phi) is 5.45. The Morgan fingerprint density at radius 2 is 2.00 bits per heavy atom. The van der Waals surface area contributed by atoms with Crippen LogP contribution in [0, 0.1) is 11.8 Å². The normalized spacial score (nSPS) is 25.1. The summed E-state index contributed by atoms with van der Waals surface area (Å²) in [5, 5.41) is 9.38. The van der Waals surface area contributed by atoms with Crippen molar-refractivity contribution in [1.29, 1.82) is 0 Å². The van der Waals surface area contributed by atoms with E-state index in [0.29, 0.717) is 12.0 Å². The molecule has 2 saturated heterocycles. The van der Waals surface area contributed by atoms with Gasteiger partial charge >= 0.3 is 5.97 Å². The molecule has 27 heavy (non-hydrogen) atoms. The van der Waals surface area contributed by atoms with Crippen molar-refractivity contribution in [3.05, 3.63) is 30.1 Å². The molecule has 0 spiro atoms. The van der Waals surface area contributed by atoms with E-state index in [2.05, 4.69) is 22.6 Å². The van der Waals surface area contributed by atoms with Crippen LogP contribution in [0.3, 0.4) is 0 Å². The van der Waals surface area contributed by atoms with E-state index >= 15 is 0 Å². The third-order valence-corrected chi connectivity index (χ3v) is 6.39. The van der Waals surface area contributed by atoms with E-state index in [1.54, 1.807) is 0 Å². The molecule has 6 heteroatoms. The van der Waals surface area contributed by atoms with Crippen molar-refractivity contribution in [2.24, 2.45) is 18.9 Å². The van der Waals surface area contributed by atoms with E-state index in [0.717, 1.165) is 68.8 Å². The number of aliphatic carboxylic acids is 1. The second-order valence-electron chi connectivity index (χ2n) is 8.03. The quantitative estimate of drug-likeness (QED) is 0.875. The first-order valence-corrected chi connectivity index (χ1v) is 10.1. The van der Waals surface area contributed by atoms with Gasteiger partial charge in [0.15, 0.2) is 0 Å². The highest BCUT2D eigenvalue weighted by Gasteiger charge is 2.35. The van der Waals surface area contributed by atoms with E-state index in [9.17, 15) is 9.90 Å². The Bertz CT molecular complexity index is 797. The van der Waals surface area contributed by atoms with Crippen molar-refractivity contribution >= 4 is 17.0 Å². The fraction of sp³-hybridized carbons (Fsp3) is 0.619. The summed E-state index contributed by atoms with van der Waals surface area (Å²) in [6.07, 6.45) is 4.22. The Morgan fingerprint density at radius 1 is 1.22 bits per heavy atom. The van der Waals surface area contributed by atoms with Crippen molar-refractivity contribution in [3.8, 4) is 0 Å². The maximum absolute atomic E-state index is 11.4. The summed E-state index contributed by atoms with van der Waals surface area (Å²) >= 11 is 0. The Morgan fingerprint density at radius 3 is 2.74 bits per heavy atom. The molecule has 0 radical (unpaired) electrons. The van der Waals surface area contributed by atoms with Gasteiger partial charge in [-0.3, -0.25) is 9.69 Å². The van der Waals surface area contributed by atoms with E-state index in [1.807, 2.05) is 18.2 Å². The highest BCUT2D eigenvalue weighted by atomic mass is 16.5. The van der Waals surface area contributed by atoms with Crippen LogP contribution in [0.5, 0.6) is 0 Å². The molecule has 2 unspecified atom stereocenters. The van der Waals surface area contributed by atoms with Crippen molar-refractivity contribution in [2.45, 2.75) is 38.1 Å². The zero-order valence-electron chi connectivity index (χ0n) is 16.0. The molecule has 146 valence electrons. The monoisotopic (exact) mass is 371 g/mol. The minimum atomic E-state index is -0.686. The summed E-state index contributed by atoms with van der Waals surface area (Å²) < 4.78 is 7.69. The fourth-order valence-corrected chi connectivity index (χ4v) is 4.83. The maximum atomic E-state index is 11.4. The van der Waals surface area contributed by atoms with Crippen molar-refractivity contribution in [3.63, 3.8) is 0 Å². The number of carbonyl (C=O) groups is 1. The molecular formula is C21H29N3O3. The van der Waals surface area contributed by atoms with Gasteiger partial charge in [0.2, 0.25) is 0 Å². The zero-order chi connectivity index (χ0) is 18.8. The van der Waals surface area contributed by atoms with Crippen LogP contribution in [-0.4, -0.2) is 57.9 Å². The number of ether oxygens (including phenoxy) is 1. The van der Waals surface area contributed by atoms with Gasteiger partial charge in [0.1, 0.15) is 5.82 Å². The van der Waals surface area contributed by atoms with Crippen molar-refractivity contribution < 1.29 is 14.6 Å². The number of piperidine rings is 1. The van der Waals surface area contributed by atoms with E-state index in [4.69, 9.17) is 9.72 Å². The smallest absolute Gasteiger partial charge is 0.303 e. The predicted molar refractivity (Wildman–Crippen MR) is 104 cm³/mol. The van der Waals surface area contributed by atoms with Gasteiger partial charge in [-0.15, -0.1) is 0 Å². The van der Waals surface area contributed by atoms with Crippen molar-refractivity contribution in [1.82, 2.24) is 14.5 Å². The Balaban J connectivity index is 1.54. The highest BCUT2D eigenvalue weighted by molar-refractivity contribution is 5.75. The van der Waals surface area contributed by atoms with Gasteiger partial charge < -0.3 is 14.4 Å². The zero-order valence-corrected chi connectivity index (χ0v) is 16.0. The molecular weight excluding hydrogens is 342 g/mol. The summed E-state index contributed by atoms with van der Waals surface area (Å²) in [5.41, 5.74) is 2.15. The van der Waals surface area contributed by atoms with Gasteiger partial charge in [0, 0.05) is 45.7 Å². The van der Waals surface area contributed by atoms with Crippen LogP contribution in [0.1, 0.15) is 31.5 Å². The molecule has 0 saturated carbocycles.